The molecule has 0 aliphatic carbocycles. The molecule has 1 aliphatic rings. The summed E-state index contributed by atoms with van der Waals surface area (Å²) in [4.78, 5) is 13.6. The van der Waals surface area contributed by atoms with E-state index in [1.807, 2.05) is 18.2 Å². The normalized spacial score (nSPS) is 13.7. The van der Waals surface area contributed by atoms with E-state index >= 15 is 0 Å². The molecule has 0 fully saturated rings. The van der Waals surface area contributed by atoms with E-state index in [0.29, 0.717) is 17.1 Å². The lowest BCUT2D eigenvalue weighted by atomic mass is 10.1. The number of nitrogens with zero attached hydrogens (tertiary/aromatic N) is 1. The Bertz CT molecular complexity index is 1350. The summed E-state index contributed by atoms with van der Waals surface area (Å²) >= 11 is 1.47. The second kappa shape index (κ2) is 12.4. The number of nitriles is 1. The molecule has 37 heavy (non-hydrogen) atoms. The third-order valence-corrected chi connectivity index (χ3v) is 8.15. The summed E-state index contributed by atoms with van der Waals surface area (Å²) in [6.07, 6.45) is 0.161. The van der Waals surface area contributed by atoms with E-state index in [-0.39, 0.29) is 34.2 Å². The predicted octanol–water partition coefficient (Wildman–Crippen LogP) is 3.92. The van der Waals surface area contributed by atoms with Gasteiger partial charge in [0, 0.05) is 11.0 Å². The Kier molecular flexibility index (Phi) is 9.27. The predicted molar refractivity (Wildman–Crippen MR) is 142 cm³/mol. The van der Waals surface area contributed by atoms with Crippen LogP contribution in [0.25, 0.3) is 0 Å². The Morgan fingerprint density at radius 2 is 1.70 bits per heavy atom. The average Bonchev–Trinajstić information content (AvgIpc) is 3.29. The molecule has 3 aromatic rings. The second-order valence-corrected chi connectivity index (χ2v) is 11.2. The highest BCUT2D eigenvalue weighted by molar-refractivity contribution is 8.00. The maximum Gasteiger partial charge on any atom is 0.226 e. The number of nitrogens with one attached hydrogen (secondary N) is 2. The minimum atomic E-state index is -3.24. The number of sulfone groups is 1. The molecule has 0 spiro atoms. The first-order chi connectivity index (χ1) is 17.7. The molecule has 0 bridgehead atoms. The lowest BCUT2D eigenvalue weighted by Crippen LogP contribution is -2.36. The number of methoxy groups -OCH3 is 2. The fourth-order valence-corrected chi connectivity index (χ4v) is 5.27. The third kappa shape index (κ3) is 7.31. The summed E-state index contributed by atoms with van der Waals surface area (Å²) < 4.78 is 34.3. The molecule has 0 aromatic heterocycles. The topological polar surface area (TPSA) is 138 Å². The van der Waals surface area contributed by atoms with Gasteiger partial charge in [0.15, 0.2) is 26.8 Å². The molecule has 0 saturated carbocycles. The minimum Gasteiger partial charge on any atom is -0.508 e. The highest BCUT2D eigenvalue weighted by Gasteiger charge is 2.25. The first kappa shape index (κ1) is 27.7. The van der Waals surface area contributed by atoms with E-state index in [4.69, 9.17) is 19.8 Å². The number of fused-ring (bicyclic) bond motifs is 1. The maximum absolute atomic E-state index is 12.4. The molecular weight excluding hydrogens is 514 g/mol. The van der Waals surface area contributed by atoms with Crippen LogP contribution in [0.15, 0.2) is 70.5 Å². The number of thioether (sulfide) groups is 1. The molecule has 3 N–H and O–H groups in total. The SMILES string of the molecule is CCS(=O)(=O)c1ccc(CC(=O)NC2Nc3cc(OC)c(OC)cc3S2)cc1.N#Cc1ccc(O)cc1. The van der Waals surface area contributed by atoms with Crippen molar-refractivity contribution in [2.75, 3.05) is 25.3 Å². The molecule has 1 amide bonds. The third-order valence-electron chi connectivity index (χ3n) is 5.33. The van der Waals surface area contributed by atoms with Gasteiger partial charge in [-0.3, -0.25) is 4.79 Å². The number of hydrogen-bond acceptors (Lipinski definition) is 9. The van der Waals surface area contributed by atoms with Gasteiger partial charge in [-0.15, -0.1) is 0 Å². The van der Waals surface area contributed by atoms with Crippen LogP contribution < -0.4 is 20.1 Å². The Morgan fingerprint density at radius 3 is 2.27 bits per heavy atom. The van der Waals surface area contributed by atoms with Gasteiger partial charge >= 0.3 is 0 Å². The van der Waals surface area contributed by atoms with Crippen LogP contribution in [0.4, 0.5) is 5.69 Å². The average molecular weight is 542 g/mol. The molecule has 9 nitrogen and oxygen atoms in total. The Hall–Kier alpha value is -3.88. The first-order valence-electron chi connectivity index (χ1n) is 11.2. The number of phenols is 1. The van der Waals surface area contributed by atoms with Gasteiger partial charge in [0.1, 0.15) is 5.75 Å². The first-order valence-corrected chi connectivity index (χ1v) is 13.7. The summed E-state index contributed by atoms with van der Waals surface area (Å²) in [5, 5.41) is 23.2. The molecule has 0 radical (unpaired) electrons. The van der Waals surface area contributed by atoms with Crippen LogP contribution in [0.5, 0.6) is 17.2 Å². The van der Waals surface area contributed by atoms with Crippen LogP contribution in [0.1, 0.15) is 18.1 Å². The highest BCUT2D eigenvalue weighted by Crippen LogP contribution is 2.44. The van der Waals surface area contributed by atoms with E-state index in [9.17, 15) is 13.2 Å². The number of carbonyl (C=O) groups excluding carboxylic acids is 1. The smallest absolute Gasteiger partial charge is 0.226 e. The van der Waals surface area contributed by atoms with E-state index in [0.717, 1.165) is 16.1 Å². The summed E-state index contributed by atoms with van der Waals surface area (Å²) in [6.45, 7) is 1.60. The number of anilines is 1. The molecule has 4 rings (SSSR count). The van der Waals surface area contributed by atoms with E-state index in [1.165, 1.54) is 23.9 Å². The number of rotatable bonds is 7. The van der Waals surface area contributed by atoms with Crippen molar-refractivity contribution in [1.29, 1.82) is 5.26 Å². The molecule has 1 aliphatic heterocycles. The molecule has 11 heteroatoms. The lowest BCUT2D eigenvalue weighted by Gasteiger charge is -2.13. The van der Waals surface area contributed by atoms with Gasteiger partial charge in [0.05, 0.1) is 48.6 Å². The van der Waals surface area contributed by atoms with Gasteiger partial charge in [0.2, 0.25) is 5.91 Å². The minimum absolute atomic E-state index is 0.0491. The summed E-state index contributed by atoms with van der Waals surface area (Å²) in [5.41, 5.74) is 1.87. The van der Waals surface area contributed by atoms with Crippen molar-refractivity contribution in [2.24, 2.45) is 0 Å². The van der Waals surface area contributed by atoms with Crippen molar-refractivity contribution in [3.8, 4) is 23.3 Å². The molecule has 1 unspecified atom stereocenters. The summed E-state index contributed by atoms with van der Waals surface area (Å²) in [5.74, 6) is 1.32. The maximum atomic E-state index is 12.4. The summed E-state index contributed by atoms with van der Waals surface area (Å²) in [7, 11) is -0.0896. The molecule has 194 valence electrons. The van der Waals surface area contributed by atoms with Gasteiger partial charge < -0.3 is 25.2 Å². The van der Waals surface area contributed by atoms with Gasteiger partial charge in [-0.1, -0.05) is 30.8 Å². The Morgan fingerprint density at radius 1 is 1.08 bits per heavy atom. The van der Waals surface area contributed by atoms with Gasteiger partial charge in [-0.05, 0) is 48.0 Å². The summed E-state index contributed by atoms with van der Waals surface area (Å²) in [6, 6.07) is 18.2. The van der Waals surface area contributed by atoms with Gasteiger partial charge in [-0.25, -0.2) is 8.42 Å². The Labute approximate surface area is 220 Å². The molecular formula is C26H27N3O6S2. The van der Waals surface area contributed by atoms with Crippen molar-refractivity contribution in [2.45, 2.75) is 28.6 Å². The largest absolute Gasteiger partial charge is 0.508 e. The zero-order valence-electron chi connectivity index (χ0n) is 20.5. The number of hydrogen-bond donors (Lipinski definition) is 3. The van der Waals surface area contributed by atoms with Crippen LogP contribution >= 0.6 is 11.8 Å². The van der Waals surface area contributed by atoms with Gasteiger partial charge in [0.25, 0.3) is 0 Å². The lowest BCUT2D eigenvalue weighted by molar-refractivity contribution is -0.120. The van der Waals surface area contributed by atoms with Crippen molar-refractivity contribution in [1.82, 2.24) is 5.32 Å². The standard InChI is InChI=1S/C19H22N2O5S2.C7H5NO/c1-4-28(23,24)13-7-5-12(6-8-13)9-18(22)21-19-20-14-10-15(25-2)16(26-3)11-17(14)27-19;8-5-6-1-3-7(9)4-2-6/h5-8,10-11,19-20H,4,9H2,1-3H3,(H,21,22);1-4,9H. The number of amides is 1. The van der Waals surface area contributed by atoms with Gasteiger partial charge in [-0.2, -0.15) is 5.26 Å². The fourth-order valence-electron chi connectivity index (χ4n) is 3.33. The number of aromatic hydroxyl groups is 1. The monoisotopic (exact) mass is 541 g/mol. The van der Waals surface area contributed by atoms with Crippen LogP contribution in [0.3, 0.4) is 0 Å². The Balaban J connectivity index is 0.000000356. The van der Waals surface area contributed by atoms with Crippen LogP contribution in [-0.4, -0.2) is 44.9 Å². The number of ether oxygens (including phenoxy) is 2. The highest BCUT2D eigenvalue weighted by atomic mass is 32.2. The van der Waals surface area contributed by atoms with E-state index in [1.54, 1.807) is 57.5 Å². The van der Waals surface area contributed by atoms with Crippen molar-refractivity contribution in [3.05, 3.63) is 71.8 Å². The molecule has 1 heterocycles. The quantitative estimate of drug-likeness (QED) is 0.406. The van der Waals surface area contributed by atoms with Crippen LogP contribution in [0.2, 0.25) is 0 Å². The molecule has 1 atom stereocenters. The van der Waals surface area contributed by atoms with Crippen molar-refractivity contribution in [3.63, 3.8) is 0 Å². The van der Waals surface area contributed by atoms with Crippen LogP contribution in [0, 0.1) is 11.3 Å². The molecule has 3 aromatic carbocycles. The van der Waals surface area contributed by atoms with E-state index < -0.39 is 9.84 Å². The second-order valence-electron chi connectivity index (χ2n) is 7.80. The number of benzene rings is 3. The van der Waals surface area contributed by atoms with Crippen molar-refractivity contribution < 1.29 is 27.8 Å². The van der Waals surface area contributed by atoms with Crippen molar-refractivity contribution >= 4 is 33.2 Å². The number of carbonyl (C=O) groups is 1. The fraction of sp³-hybridized carbons (Fsp3) is 0.231. The molecule has 0 saturated heterocycles. The van der Waals surface area contributed by atoms with E-state index in [2.05, 4.69) is 10.6 Å². The van der Waals surface area contributed by atoms with Crippen LogP contribution in [-0.2, 0) is 21.1 Å². The zero-order valence-corrected chi connectivity index (χ0v) is 22.2. The number of phenolic OH excluding ortho intramolecular Hbond substituents is 1. The zero-order chi connectivity index (χ0) is 27.0.